The first kappa shape index (κ1) is 16.8. The van der Waals surface area contributed by atoms with Crippen LogP contribution in [0.2, 0.25) is 0 Å². The normalized spacial score (nSPS) is 10.1. The second-order valence-corrected chi connectivity index (χ2v) is 4.34. The van der Waals surface area contributed by atoms with Crippen LogP contribution < -0.4 is 14.8 Å². The molecule has 1 rings (SSSR count). The van der Waals surface area contributed by atoms with Crippen LogP contribution in [-0.4, -0.2) is 42.4 Å². The topological polar surface area (TPSA) is 105 Å². The third kappa shape index (κ3) is 6.62. The lowest BCUT2D eigenvalue weighted by atomic mass is 10.2. The van der Waals surface area contributed by atoms with Gasteiger partial charge in [0, 0.05) is 13.0 Å². The second-order valence-electron chi connectivity index (χ2n) is 4.34. The van der Waals surface area contributed by atoms with Gasteiger partial charge in [-0.3, -0.25) is 4.79 Å². The lowest BCUT2D eigenvalue weighted by molar-refractivity contribution is -0.139. The van der Waals surface area contributed by atoms with Crippen LogP contribution in [-0.2, 0) is 16.1 Å². The number of hydrogen-bond acceptors (Lipinski definition) is 5. The third-order valence-electron chi connectivity index (χ3n) is 2.65. The summed E-state index contributed by atoms with van der Waals surface area (Å²) in [7, 11) is 1.48. The molecule has 0 saturated carbocycles. The van der Waals surface area contributed by atoms with Gasteiger partial charge in [0.15, 0.2) is 18.1 Å². The highest BCUT2D eigenvalue weighted by Gasteiger charge is 2.07. The maximum atomic E-state index is 10.5. The van der Waals surface area contributed by atoms with Gasteiger partial charge in [0.05, 0.1) is 7.11 Å². The largest absolute Gasteiger partial charge is 0.493 e. The fraction of sp³-hybridized carbons (Fsp3) is 0.429. The molecule has 1 aromatic carbocycles. The molecule has 0 aliphatic carbocycles. The van der Waals surface area contributed by atoms with Crippen LogP contribution in [0.5, 0.6) is 11.5 Å². The Kier molecular flexibility index (Phi) is 7.03. The first-order valence-corrected chi connectivity index (χ1v) is 6.47. The molecule has 0 saturated heterocycles. The van der Waals surface area contributed by atoms with Crippen molar-refractivity contribution < 1.29 is 29.3 Å². The van der Waals surface area contributed by atoms with Crippen molar-refractivity contribution >= 4 is 11.9 Å². The van der Waals surface area contributed by atoms with Crippen molar-refractivity contribution in [2.24, 2.45) is 0 Å². The molecular weight excluding hydrogens is 278 g/mol. The van der Waals surface area contributed by atoms with Crippen LogP contribution >= 0.6 is 0 Å². The van der Waals surface area contributed by atoms with Crippen LogP contribution in [0.1, 0.15) is 18.4 Å². The molecule has 7 heteroatoms. The maximum absolute atomic E-state index is 10.5. The average molecular weight is 297 g/mol. The molecule has 0 aliphatic rings. The van der Waals surface area contributed by atoms with Crippen LogP contribution in [0.4, 0.5) is 0 Å². The molecule has 21 heavy (non-hydrogen) atoms. The monoisotopic (exact) mass is 297 g/mol. The Morgan fingerprint density at radius 2 is 1.95 bits per heavy atom. The number of rotatable bonds is 10. The first-order chi connectivity index (χ1) is 10.0. The van der Waals surface area contributed by atoms with E-state index >= 15 is 0 Å². The van der Waals surface area contributed by atoms with Gasteiger partial charge >= 0.3 is 11.9 Å². The highest BCUT2D eigenvalue weighted by Crippen LogP contribution is 2.27. The molecule has 7 nitrogen and oxygen atoms in total. The van der Waals surface area contributed by atoms with Crippen LogP contribution in [0, 0.1) is 0 Å². The summed E-state index contributed by atoms with van der Waals surface area (Å²) in [4.78, 5) is 20.8. The zero-order valence-electron chi connectivity index (χ0n) is 11.8. The van der Waals surface area contributed by atoms with Crippen molar-refractivity contribution in [1.29, 1.82) is 0 Å². The standard InChI is InChI=1S/C14H19NO6/c1-20-12-7-10(8-15-6-2-3-13(16)17)4-5-11(12)21-9-14(18)19/h4-5,7,15H,2-3,6,8-9H2,1H3,(H,16,17)(H,18,19). The van der Waals surface area contributed by atoms with Crippen molar-refractivity contribution in [1.82, 2.24) is 5.32 Å². The lowest BCUT2D eigenvalue weighted by Gasteiger charge is -2.11. The molecular formula is C14H19NO6. The number of aliphatic carboxylic acids is 2. The van der Waals surface area contributed by atoms with Gasteiger partial charge in [-0.2, -0.15) is 0 Å². The Balaban J connectivity index is 2.49. The van der Waals surface area contributed by atoms with E-state index in [0.717, 1.165) is 5.56 Å². The summed E-state index contributed by atoms with van der Waals surface area (Å²) in [6.45, 7) is 0.740. The highest BCUT2D eigenvalue weighted by molar-refractivity contribution is 5.68. The summed E-state index contributed by atoms with van der Waals surface area (Å²) in [5.74, 6) is -1.03. The number of methoxy groups -OCH3 is 1. The maximum Gasteiger partial charge on any atom is 0.341 e. The molecule has 0 fully saturated rings. The van der Waals surface area contributed by atoms with Crippen LogP contribution in [0.15, 0.2) is 18.2 Å². The number of benzene rings is 1. The Bertz CT molecular complexity index is 488. The fourth-order valence-electron chi connectivity index (χ4n) is 1.68. The number of carboxylic acid groups (broad SMARTS) is 2. The van der Waals surface area contributed by atoms with Gasteiger partial charge in [0.2, 0.25) is 0 Å². The predicted molar refractivity (Wildman–Crippen MR) is 74.7 cm³/mol. The summed E-state index contributed by atoms with van der Waals surface area (Å²) >= 11 is 0. The molecule has 0 aliphatic heterocycles. The average Bonchev–Trinajstić information content (AvgIpc) is 2.44. The van der Waals surface area contributed by atoms with E-state index < -0.39 is 18.5 Å². The van der Waals surface area contributed by atoms with E-state index in [9.17, 15) is 9.59 Å². The zero-order valence-corrected chi connectivity index (χ0v) is 11.8. The Morgan fingerprint density at radius 1 is 1.19 bits per heavy atom. The van der Waals surface area contributed by atoms with E-state index in [1.165, 1.54) is 7.11 Å². The van der Waals surface area contributed by atoms with Gasteiger partial charge in [-0.15, -0.1) is 0 Å². The number of ether oxygens (including phenoxy) is 2. The van der Waals surface area contributed by atoms with Crippen molar-refractivity contribution in [3.63, 3.8) is 0 Å². The molecule has 0 spiro atoms. The van der Waals surface area contributed by atoms with Gasteiger partial charge in [0.1, 0.15) is 0 Å². The third-order valence-corrected chi connectivity index (χ3v) is 2.65. The molecule has 0 heterocycles. The Hall–Kier alpha value is -2.28. The van der Waals surface area contributed by atoms with E-state index in [4.69, 9.17) is 19.7 Å². The minimum absolute atomic E-state index is 0.137. The fourth-order valence-corrected chi connectivity index (χ4v) is 1.68. The van der Waals surface area contributed by atoms with Gasteiger partial charge in [-0.05, 0) is 30.7 Å². The van der Waals surface area contributed by atoms with Crippen molar-refractivity contribution in [2.75, 3.05) is 20.3 Å². The van der Waals surface area contributed by atoms with Crippen LogP contribution in [0.3, 0.4) is 0 Å². The highest BCUT2D eigenvalue weighted by atomic mass is 16.5. The van der Waals surface area contributed by atoms with Crippen molar-refractivity contribution in [2.45, 2.75) is 19.4 Å². The van der Waals surface area contributed by atoms with Crippen LogP contribution in [0.25, 0.3) is 0 Å². The molecule has 0 bridgehead atoms. The predicted octanol–water partition coefficient (Wildman–Crippen LogP) is 1.11. The van der Waals surface area contributed by atoms with Gasteiger partial charge in [-0.25, -0.2) is 4.79 Å². The van der Waals surface area contributed by atoms with E-state index in [1.54, 1.807) is 18.2 Å². The van der Waals surface area contributed by atoms with Crippen molar-refractivity contribution in [3.8, 4) is 11.5 Å². The smallest absolute Gasteiger partial charge is 0.341 e. The zero-order chi connectivity index (χ0) is 15.7. The number of carbonyl (C=O) groups is 2. The van der Waals surface area contributed by atoms with Crippen molar-refractivity contribution in [3.05, 3.63) is 23.8 Å². The van der Waals surface area contributed by atoms with E-state index in [1.807, 2.05) is 0 Å². The molecule has 0 atom stereocenters. The summed E-state index contributed by atoms with van der Waals surface area (Å²) in [5.41, 5.74) is 0.935. The first-order valence-electron chi connectivity index (χ1n) is 6.47. The minimum Gasteiger partial charge on any atom is -0.493 e. The molecule has 0 aromatic heterocycles. The summed E-state index contributed by atoms with van der Waals surface area (Å²) in [5, 5.41) is 20.2. The molecule has 0 radical (unpaired) electrons. The summed E-state index contributed by atoms with van der Waals surface area (Å²) in [6.07, 6.45) is 0.699. The second kappa shape index (κ2) is 8.80. The molecule has 0 unspecified atom stereocenters. The quantitative estimate of drug-likeness (QED) is 0.556. The van der Waals surface area contributed by atoms with Gasteiger partial charge < -0.3 is 25.0 Å². The van der Waals surface area contributed by atoms with E-state index in [2.05, 4.69) is 5.32 Å². The minimum atomic E-state index is -1.05. The van der Waals surface area contributed by atoms with Gasteiger partial charge in [-0.1, -0.05) is 6.07 Å². The molecule has 116 valence electrons. The Morgan fingerprint density at radius 3 is 2.57 bits per heavy atom. The Labute approximate surface area is 122 Å². The number of carboxylic acids is 2. The summed E-state index contributed by atoms with van der Waals surface area (Å²) in [6, 6.07) is 5.20. The lowest BCUT2D eigenvalue weighted by Crippen LogP contribution is -2.16. The number of nitrogens with one attached hydrogen (secondary N) is 1. The van der Waals surface area contributed by atoms with E-state index in [0.29, 0.717) is 31.0 Å². The molecule has 1 aromatic rings. The summed E-state index contributed by atoms with van der Waals surface area (Å²) < 4.78 is 10.3. The van der Waals surface area contributed by atoms with Gasteiger partial charge in [0.25, 0.3) is 0 Å². The molecule has 3 N–H and O–H groups in total. The molecule has 0 amide bonds. The SMILES string of the molecule is COc1cc(CNCCCC(=O)O)ccc1OCC(=O)O. The number of hydrogen-bond donors (Lipinski definition) is 3. The van der Waals surface area contributed by atoms with E-state index in [-0.39, 0.29) is 6.42 Å².